The summed E-state index contributed by atoms with van der Waals surface area (Å²) in [7, 11) is 0. The molecule has 2 aliphatic heterocycles. The number of aliphatic imine (C=N–C) groups is 1. The Balaban J connectivity index is 1.34. The van der Waals surface area contributed by atoms with Crippen molar-refractivity contribution in [3.05, 3.63) is 53.3 Å². The van der Waals surface area contributed by atoms with Crippen LogP contribution < -0.4 is 10.6 Å². The highest BCUT2D eigenvalue weighted by atomic mass is 19.1. The summed E-state index contributed by atoms with van der Waals surface area (Å²) in [6.07, 6.45) is 2.59. The molecule has 0 radical (unpaired) electrons. The molecular weight excluding hydrogens is 383 g/mol. The maximum absolute atomic E-state index is 14.2. The third kappa shape index (κ3) is 4.68. The van der Waals surface area contributed by atoms with Crippen LogP contribution in [0.5, 0.6) is 0 Å². The van der Waals surface area contributed by atoms with E-state index in [4.69, 9.17) is 4.74 Å². The van der Waals surface area contributed by atoms with Crippen molar-refractivity contribution in [2.24, 2.45) is 4.99 Å². The van der Waals surface area contributed by atoms with E-state index in [1.807, 2.05) is 25.1 Å². The second-order valence-corrected chi connectivity index (χ2v) is 7.68. The maximum atomic E-state index is 14.2. The van der Waals surface area contributed by atoms with Crippen LogP contribution >= 0.6 is 0 Å². The van der Waals surface area contributed by atoms with E-state index in [1.54, 1.807) is 12.1 Å². The molecule has 4 rings (SSSR count). The number of aryl methyl sites for hydroxylation is 1. The van der Waals surface area contributed by atoms with Gasteiger partial charge in [-0.15, -0.1) is 0 Å². The molecular formula is C23H27FN4O2. The number of hydrogen-bond donors (Lipinski definition) is 2. The van der Waals surface area contributed by atoms with Crippen LogP contribution in [0.1, 0.15) is 23.5 Å². The van der Waals surface area contributed by atoms with E-state index in [1.165, 1.54) is 12.3 Å². The van der Waals surface area contributed by atoms with Crippen LogP contribution in [-0.4, -0.2) is 56.4 Å². The lowest BCUT2D eigenvalue weighted by atomic mass is 10.0. The largest absolute Gasteiger partial charge is 0.385 e. The molecule has 2 heterocycles. The monoisotopic (exact) mass is 410 g/mol. The van der Waals surface area contributed by atoms with Crippen LogP contribution in [0.4, 0.5) is 21.5 Å². The summed E-state index contributed by atoms with van der Waals surface area (Å²) < 4.78 is 19.5. The number of benzene rings is 2. The molecule has 2 aromatic carbocycles. The van der Waals surface area contributed by atoms with Gasteiger partial charge < -0.3 is 15.4 Å². The number of anilines is 2. The number of fused-ring (bicyclic) bond motifs is 1. The lowest BCUT2D eigenvalue weighted by molar-refractivity contribution is -0.115. The van der Waals surface area contributed by atoms with Gasteiger partial charge in [-0.1, -0.05) is 6.07 Å². The minimum Gasteiger partial charge on any atom is -0.385 e. The molecule has 0 aliphatic carbocycles. The van der Waals surface area contributed by atoms with Crippen molar-refractivity contribution in [3.63, 3.8) is 0 Å². The van der Waals surface area contributed by atoms with Crippen molar-refractivity contribution < 1.29 is 13.9 Å². The normalized spacial score (nSPS) is 19.1. The van der Waals surface area contributed by atoms with Gasteiger partial charge in [-0.3, -0.25) is 14.7 Å². The van der Waals surface area contributed by atoms with E-state index >= 15 is 0 Å². The van der Waals surface area contributed by atoms with Gasteiger partial charge >= 0.3 is 0 Å². The van der Waals surface area contributed by atoms with Crippen LogP contribution in [0, 0.1) is 12.7 Å². The van der Waals surface area contributed by atoms with Gasteiger partial charge in [-0.05, 0) is 55.8 Å². The molecule has 1 amide bonds. The van der Waals surface area contributed by atoms with E-state index in [2.05, 4.69) is 20.5 Å². The number of halogens is 1. The third-order valence-corrected chi connectivity index (χ3v) is 5.56. The summed E-state index contributed by atoms with van der Waals surface area (Å²) in [5.74, 6) is -1.36. The fourth-order valence-corrected chi connectivity index (χ4v) is 3.88. The summed E-state index contributed by atoms with van der Waals surface area (Å²) in [5.41, 5.74) is 3.78. The van der Waals surface area contributed by atoms with Crippen molar-refractivity contribution in [2.45, 2.75) is 19.3 Å². The molecule has 6 nitrogen and oxygen atoms in total. The zero-order valence-electron chi connectivity index (χ0n) is 17.2. The van der Waals surface area contributed by atoms with Gasteiger partial charge in [0, 0.05) is 42.8 Å². The van der Waals surface area contributed by atoms with Crippen molar-refractivity contribution >= 4 is 29.2 Å². The smallest absolute Gasteiger partial charge is 0.237 e. The van der Waals surface area contributed by atoms with Gasteiger partial charge in [-0.2, -0.15) is 0 Å². The van der Waals surface area contributed by atoms with Crippen LogP contribution in [-0.2, 0) is 9.53 Å². The van der Waals surface area contributed by atoms with Gasteiger partial charge in [0.05, 0.1) is 18.9 Å². The zero-order valence-corrected chi connectivity index (χ0v) is 17.2. The summed E-state index contributed by atoms with van der Waals surface area (Å²) in [6.45, 7) is 7.68. The van der Waals surface area contributed by atoms with Gasteiger partial charge in [0.1, 0.15) is 11.7 Å². The molecule has 0 bridgehead atoms. The first kappa shape index (κ1) is 20.5. The highest BCUT2D eigenvalue weighted by Gasteiger charge is 2.31. The average molecular weight is 410 g/mol. The Kier molecular flexibility index (Phi) is 6.40. The Morgan fingerprint density at radius 1 is 1.30 bits per heavy atom. The molecule has 0 aromatic heterocycles. The lowest BCUT2D eigenvalue weighted by Crippen LogP contribution is -2.37. The second-order valence-electron chi connectivity index (χ2n) is 7.68. The molecule has 158 valence electrons. The quantitative estimate of drug-likeness (QED) is 0.540. The molecule has 2 aromatic rings. The molecule has 2 N–H and O–H groups in total. The molecule has 1 atom stereocenters. The zero-order chi connectivity index (χ0) is 20.9. The Labute approximate surface area is 176 Å². The fraction of sp³-hybridized carbons (Fsp3) is 0.391. The van der Waals surface area contributed by atoms with Crippen LogP contribution in [0.25, 0.3) is 0 Å². The highest BCUT2D eigenvalue weighted by molar-refractivity contribution is 6.12. The molecule has 2 aliphatic rings. The summed E-state index contributed by atoms with van der Waals surface area (Å²) >= 11 is 0. The number of nitrogens with zero attached hydrogens (tertiary/aromatic N) is 2. The number of amides is 1. The van der Waals surface area contributed by atoms with Gasteiger partial charge in [0.25, 0.3) is 0 Å². The molecule has 0 saturated carbocycles. The number of morpholine rings is 1. The Hall–Kier alpha value is -2.77. The standard InChI is InChI=1S/C23H27FN4O2/c1-16-14-17(6-7-20(16)25-8-3-9-28-10-12-30-13-11-28)26-15-18-22-19(24)4-2-5-21(22)27-23(18)29/h2,4-7,14-15,18,25H,3,8-13H2,1H3,(H,27,29). The molecule has 1 fully saturated rings. The summed E-state index contributed by atoms with van der Waals surface area (Å²) in [5, 5.41) is 6.19. The topological polar surface area (TPSA) is 66.0 Å². The SMILES string of the molecule is Cc1cc(N=CC2C(=O)Nc3cccc(F)c32)ccc1NCCCN1CCOCC1. The Bertz CT molecular complexity index is 941. The second kappa shape index (κ2) is 9.36. The van der Waals surface area contributed by atoms with Crippen LogP contribution in [0.15, 0.2) is 41.4 Å². The van der Waals surface area contributed by atoms with Crippen molar-refractivity contribution in [1.82, 2.24) is 4.90 Å². The molecule has 7 heteroatoms. The fourth-order valence-electron chi connectivity index (χ4n) is 3.88. The average Bonchev–Trinajstić information content (AvgIpc) is 3.08. The number of rotatable bonds is 7. The van der Waals surface area contributed by atoms with Crippen molar-refractivity contribution in [3.8, 4) is 0 Å². The highest BCUT2D eigenvalue weighted by Crippen LogP contribution is 2.34. The Morgan fingerprint density at radius 3 is 2.93 bits per heavy atom. The number of ether oxygens (including phenoxy) is 1. The predicted octanol–water partition coefficient (Wildman–Crippen LogP) is 3.71. The van der Waals surface area contributed by atoms with E-state index < -0.39 is 11.7 Å². The number of hydrogen-bond acceptors (Lipinski definition) is 5. The van der Waals surface area contributed by atoms with Gasteiger partial charge in [0.2, 0.25) is 5.91 Å². The van der Waals surface area contributed by atoms with Crippen molar-refractivity contribution in [2.75, 3.05) is 50.0 Å². The third-order valence-electron chi connectivity index (χ3n) is 5.56. The van der Waals surface area contributed by atoms with Crippen LogP contribution in [0.2, 0.25) is 0 Å². The summed E-state index contributed by atoms with van der Waals surface area (Å²) in [6, 6.07) is 10.5. The van der Waals surface area contributed by atoms with E-state index in [0.29, 0.717) is 11.3 Å². The van der Waals surface area contributed by atoms with Gasteiger partial charge in [-0.25, -0.2) is 4.39 Å². The lowest BCUT2D eigenvalue weighted by Gasteiger charge is -2.26. The van der Waals surface area contributed by atoms with E-state index in [-0.39, 0.29) is 5.91 Å². The minimum absolute atomic E-state index is 0.255. The molecule has 1 unspecified atom stereocenters. The number of carbonyl (C=O) groups excluding carboxylic acids is 1. The van der Waals surface area contributed by atoms with Gasteiger partial charge in [0.15, 0.2) is 0 Å². The maximum Gasteiger partial charge on any atom is 0.237 e. The van der Waals surface area contributed by atoms with Crippen molar-refractivity contribution in [1.29, 1.82) is 0 Å². The molecule has 1 saturated heterocycles. The van der Waals surface area contributed by atoms with E-state index in [0.717, 1.165) is 62.8 Å². The first-order chi connectivity index (χ1) is 14.6. The first-order valence-corrected chi connectivity index (χ1v) is 10.4. The minimum atomic E-state index is -0.709. The molecule has 30 heavy (non-hydrogen) atoms. The van der Waals surface area contributed by atoms with Crippen LogP contribution in [0.3, 0.4) is 0 Å². The number of carbonyl (C=O) groups is 1. The molecule has 0 spiro atoms. The van der Waals surface area contributed by atoms with E-state index in [9.17, 15) is 9.18 Å². The Morgan fingerprint density at radius 2 is 2.13 bits per heavy atom. The first-order valence-electron chi connectivity index (χ1n) is 10.4. The summed E-state index contributed by atoms with van der Waals surface area (Å²) in [4.78, 5) is 19.1. The number of nitrogens with one attached hydrogen (secondary N) is 2. The predicted molar refractivity (Wildman–Crippen MR) is 117 cm³/mol.